The minimum atomic E-state index is -0.495. The summed E-state index contributed by atoms with van der Waals surface area (Å²) in [4.78, 5) is 46.7. The maximum Gasteiger partial charge on any atom is 0.189 e. The fraction of sp³-hybridized carbons (Fsp3) is 0.213. The van der Waals surface area contributed by atoms with Crippen molar-refractivity contribution in [3.63, 3.8) is 0 Å². The van der Waals surface area contributed by atoms with Crippen LogP contribution in [-0.2, 0) is 0 Å². The first kappa shape index (κ1) is 71.6. The molecule has 3 N–H and O–H groups in total. The van der Waals surface area contributed by atoms with Crippen LogP contribution in [-0.4, -0.2) is 39.0 Å². The Hall–Kier alpha value is -10.7. The van der Waals surface area contributed by atoms with Crippen LogP contribution in [0, 0.1) is 83.1 Å². The molecule has 0 saturated carbocycles. The van der Waals surface area contributed by atoms with E-state index in [4.69, 9.17) is 9.47 Å². The first-order valence-electron chi connectivity index (χ1n) is 32.9. The van der Waals surface area contributed by atoms with Gasteiger partial charge in [0.2, 0.25) is 0 Å². The summed E-state index contributed by atoms with van der Waals surface area (Å²) < 4.78 is 12.7. The monoisotopic (exact) mass is 1300 g/mol. The molecule has 0 amide bonds. The minimum absolute atomic E-state index is 0. The molecule has 98 heavy (non-hydrogen) atoms. The molecule has 12 aromatic rings. The normalized spacial score (nSPS) is 14.3. The van der Waals surface area contributed by atoms with Crippen molar-refractivity contribution in [3.8, 4) is 23.0 Å². The number of aryl methyl sites for hydroxylation is 8. The van der Waals surface area contributed by atoms with Gasteiger partial charge >= 0.3 is 0 Å². The molecule has 12 aromatic carbocycles. The fourth-order valence-electron chi connectivity index (χ4n) is 12.7. The van der Waals surface area contributed by atoms with Crippen LogP contribution >= 0.6 is 0 Å². The van der Waals surface area contributed by atoms with Crippen LogP contribution < -0.4 is 9.47 Å². The van der Waals surface area contributed by atoms with Crippen LogP contribution in [0.15, 0.2) is 200 Å². The molecular weight excluding hydrogens is 1210 g/mol. The van der Waals surface area contributed by atoms with E-state index in [1.165, 1.54) is 79.8 Å². The number of carbonyl (C=O) groups is 4. The van der Waals surface area contributed by atoms with Crippen LogP contribution in [0.3, 0.4) is 0 Å². The van der Waals surface area contributed by atoms with E-state index in [0.29, 0.717) is 34.9 Å². The molecule has 498 valence electrons. The van der Waals surface area contributed by atoms with Crippen LogP contribution in [0.2, 0.25) is 0 Å². The number of fused-ring (bicyclic) bond motifs is 8. The lowest BCUT2D eigenvalue weighted by molar-refractivity contribution is 0.0671. The number of hydrogen-bond acceptors (Lipinski definition) is 9. The van der Waals surface area contributed by atoms with Gasteiger partial charge < -0.3 is 24.8 Å². The summed E-state index contributed by atoms with van der Waals surface area (Å²) in [5, 5.41) is 38.4. The molecule has 3 unspecified atom stereocenters. The van der Waals surface area contributed by atoms with Crippen LogP contribution in [0.25, 0.3) is 49.2 Å². The highest BCUT2D eigenvalue weighted by atomic mass is 16.5. The Bertz CT molecular complexity index is 4970. The van der Waals surface area contributed by atoms with Gasteiger partial charge in [0.25, 0.3) is 0 Å². The van der Waals surface area contributed by atoms with Gasteiger partial charge in [-0.2, -0.15) is 0 Å². The van der Waals surface area contributed by atoms with Crippen LogP contribution in [0.5, 0.6) is 23.0 Å². The predicted octanol–water partition coefficient (Wildman–Crippen LogP) is 22.0. The zero-order valence-electron chi connectivity index (χ0n) is 57.6. The van der Waals surface area contributed by atoms with E-state index in [0.717, 1.165) is 83.3 Å². The van der Waals surface area contributed by atoms with Crippen LogP contribution in [0.4, 0.5) is 0 Å². The van der Waals surface area contributed by atoms with Crippen molar-refractivity contribution in [2.45, 2.75) is 129 Å². The summed E-state index contributed by atoms with van der Waals surface area (Å²) in [5.41, 5.74) is 21.3. The summed E-state index contributed by atoms with van der Waals surface area (Å²) in [7, 11) is 0. The molecule has 0 spiro atoms. The summed E-state index contributed by atoms with van der Waals surface area (Å²) in [5.74, 6) is 1.51. The van der Waals surface area contributed by atoms with E-state index < -0.39 is 6.10 Å². The Balaban J connectivity index is 0.000000147. The predicted molar refractivity (Wildman–Crippen MR) is 402 cm³/mol. The molecule has 0 radical (unpaired) electrons. The first-order valence-corrected chi connectivity index (χ1v) is 32.9. The molecule has 2 aliphatic rings. The maximum absolute atomic E-state index is 12.7. The molecule has 2 heterocycles. The highest BCUT2D eigenvalue weighted by Gasteiger charge is 2.31. The van der Waals surface area contributed by atoms with Gasteiger partial charge in [-0.3, -0.25) is 19.2 Å². The lowest BCUT2D eigenvalue weighted by Gasteiger charge is -2.31. The maximum atomic E-state index is 12.7. The number of hydrogen-bond donors (Lipinski definition) is 3. The average Bonchev–Trinajstić information content (AvgIpc) is 0.758. The van der Waals surface area contributed by atoms with E-state index in [1.807, 2.05) is 135 Å². The van der Waals surface area contributed by atoms with Crippen molar-refractivity contribution < 1.29 is 44.0 Å². The van der Waals surface area contributed by atoms with Gasteiger partial charge in [-0.15, -0.1) is 0 Å². The number of aldehydes is 1. The largest absolute Gasteiger partial charge is 0.507 e. The third-order valence-corrected chi connectivity index (χ3v) is 19.3. The topological polar surface area (TPSA) is 147 Å². The summed E-state index contributed by atoms with van der Waals surface area (Å²) >= 11 is 0. The Morgan fingerprint density at radius 2 is 0.806 bits per heavy atom. The Labute approximate surface area is 576 Å². The van der Waals surface area contributed by atoms with E-state index >= 15 is 0 Å². The van der Waals surface area contributed by atoms with Gasteiger partial charge in [0.1, 0.15) is 41.5 Å². The zero-order chi connectivity index (χ0) is 69.5. The second-order valence-corrected chi connectivity index (χ2v) is 25.8. The third kappa shape index (κ3) is 15.7. The quantitative estimate of drug-likeness (QED) is 0.0806. The zero-order valence-corrected chi connectivity index (χ0v) is 57.6. The molecule has 9 nitrogen and oxygen atoms in total. The number of Topliss-reactive ketones (excluding diaryl/α,β-unsaturated/α-hetero) is 2. The SMILES string of the molecule is C.CC(=O)c1ccc2ccccc2c1O.Cc1cc(/C=C/C(=O)c2ccc3ccccc3c2O)cc(C)c1C.Cc1cc(C2CC(=O)c3ccc4ccccc4c3O2)cc(C)c1C.Cc1cc(C2CC(O)c3ccc4ccccc4c3O2)cc(C)c1C.Cc1cc(C=O)cc(C)c1C. The summed E-state index contributed by atoms with van der Waals surface area (Å²) in [6, 6.07) is 62.8. The number of aliphatic hydroxyl groups is 1. The van der Waals surface area contributed by atoms with E-state index in [9.17, 15) is 34.5 Å². The highest BCUT2D eigenvalue weighted by molar-refractivity contribution is 6.12. The molecular formula is C89H88O9. The molecule has 0 bridgehead atoms. The van der Waals surface area contributed by atoms with Gasteiger partial charge in [-0.25, -0.2) is 0 Å². The molecule has 0 aromatic heterocycles. The van der Waals surface area contributed by atoms with Gasteiger partial charge in [0.05, 0.1) is 29.2 Å². The van der Waals surface area contributed by atoms with E-state index in [-0.39, 0.29) is 48.5 Å². The van der Waals surface area contributed by atoms with Crippen molar-refractivity contribution >= 4 is 72.8 Å². The van der Waals surface area contributed by atoms with Crippen molar-refractivity contribution in [3.05, 3.63) is 311 Å². The van der Waals surface area contributed by atoms with E-state index in [2.05, 4.69) is 124 Å². The molecule has 14 rings (SSSR count). The molecule has 0 fully saturated rings. The van der Waals surface area contributed by atoms with Crippen molar-refractivity contribution in [2.24, 2.45) is 0 Å². The first-order chi connectivity index (χ1) is 46.4. The standard InChI is InChI=1S/C22H22O2.2C22H20O2.C12H10O2.C10H12O.CH4/c2*1-13-10-17(11-14(2)15(13)3)21-12-20(23)19-9-8-16-6-4-5-7-18(16)22(19)24-21;1-14-12-17(13-15(2)16(14)3)8-11-21(23)20-10-9-18-6-4-5-7-19(18)22(20)24;1-8(13)10-7-6-9-4-2-3-5-11(9)12(10)14;1-7-4-10(6-11)5-8(2)9(7)3;/h4-11,20-21,23H,12H2,1-3H3;4-11,21H,12H2,1-3H3;4-13,24H,1-3H3;2-7,14H,1H3;4-6H,1-3H3;1H4/b;;11-8+;;;. The number of ketones is 3. The Kier molecular flexibility index (Phi) is 22.6. The smallest absolute Gasteiger partial charge is 0.189 e. The lowest BCUT2D eigenvalue weighted by atomic mass is 9.90. The number of allylic oxidation sites excluding steroid dienone is 1. The number of phenols is 2. The van der Waals surface area contributed by atoms with Gasteiger partial charge in [0.15, 0.2) is 17.3 Å². The Morgan fingerprint density at radius 1 is 0.439 bits per heavy atom. The second kappa shape index (κ2) is 31.0. The third-order valence-electron chi connectivity index (χ3n) is 19.3. The van der Waals surface area contributed by atoms with Gasteiger partial charge in [-0.1, -0.05) is 177 Å². The molecule has 3 atom stereocenters. The lowest BCUT2D eigenvalue weighted by Crippen LogP contribution is -2.21. The minimum Gasteiger partial charge on any atom is -0.507 e. The van der Waals surface area contributed by atoms with Crippen molar-refractivity contribution in [2.75, 3.05) is 0 Å². The molecule has 2 aliphatic heterocycles. The fourth-order valence-corrected chi connectivity index (χ4v) is 12.7. The molecule has 0 saturated heterocycles. The number of aliphatic hydroxyl groups excluding tert-OH is 1. The van der Waals surface area contributed by atoms with Crippen molar-refractivity contribution in [1.29, 1.82) is 0 Å². The van der Waals surface area contributed by atoms with Gasteiger partial charge in [0, 0.05) is 39.1 Å². The second-order valence-electron chi connectivity index (χ2n) is 25.8. The molecule has 0 aliphatic carbocycles. The van der Waals surface area contributed by atoms with Crippen molar-refractivity contribution in [1.82, 2.24) is 0 Å². The number of aromatic hydroxyl groups is 2. The summed E-state index contributed by atoms with van der Waals surface area (Å²) in [6.07, 6.45) is 4.37. The molecule has 9 heteroatoms. The summed E-state index contributed by atoms with van der Waals surface area (Å²) in [6.45, 7) is 26.6. The number of carbonyl (C=O) groups excluding carboxylic acids is 4. The number of rotatable bonds is 7. The van der Waals surface area contributed by atoms with E-state index in [1.54, 1.807) is 24.3 Å². The number of ether oxygens (including phenoxy) is 2. The van der Waals surface area contributed by atoms with Crippen LogP contribution in [0.1, 0.15) is 176 Å². The number of phenolic OH excluding ortho intramolecular Hbond substituents is 2. The van der Waals surface area contributed by atoms with Gasteiger partial charge in [-0.05, 0) is 231 Å². The highest BCUT2D eigenvalue weighted by Crippen LogP contribution is 2.46. The average molecular weight is 1300 g/mol. The Morgan fingerprint density at radius 3 is 1.28 bits per heavy atom. The number of benzene rings is 12.